The summed E-state index contributed by atoms with van der Waals surface area (Å²) in [5.74, 6) is -0.583. The predicted molar refractivity (Wildman–Crippen MR) is 76.5 cm³/mol. The van der Waals surface area contributed by atoms with E-state index in [2.05, 4.69) is 11.6 Å². The summed E-state index contributed by atoms with van der Waals surface area (Å²) in [6.45, 7) is 2.29. The van der Waals surface area contributed by atoms with Gasteiger partial charge < -0.3 is 19.4 Å². The van der Waals surface area contributed by atoms with E-state index in [-0.39, 0.29) is 18.1 Å². The van der Waals surface area contributed by atoms with Crippen molar-refractivity contribution in [2.45, 2.75) is 45.2 Å². The molecule has 0 heterocycles. The summed E-state index contributed by atoms with van der Waals surface area (Å²) in [6, 6.07) is 3.00. The number of unbranched alkanes of at least 4 members (excludes halogenated alkanes) is 4. The molecular formula is C14H20BF3O4. The third kappa shape index (κ3) is 6.57. The SMILES string of the molecule is CCCCCCCOc1ccc(OB(O)O)cc1C(F)(F)F. The van der Waals surface area contributed by atoms with Crippen molar-refractivity contribution in [3.05, 3.63) is 23.8 Å². The highest BCUT2D eigenvalue weighted by molar-refractivity contribution is 6.33. The van der Waals surface area contributed by atoms with E-state index in [0.29, 0.717) is 12.5 Å². The Morgan fingerprint density at radius 2 is 1.77 bits per heavy atom. The summed E-state index contributed by atoms with van der Waals surface area (Å²) >= 11 is 0. The molecule has 0 atom stereocenters. The molecular weight excluding hydrogens is 300 g/mol. The molecule has 0 spiro atoms. The van der Waals surface area contributed by atoms with Crippen molar-refractivity contribution >= 4 is 7.32 Å². The largest absolute Gasteiger partial charge is 0.707 e. The minimum atomic E-state index is -4.61. The first kappa shape index (κ1) is 18.6. The first-order valence-electron chi connectivity index (χ1n) is 7.21. The van der Waals surface area contributed by atoms with Crippen LogP contribution in [-0.4, -0.2) is 24.0 Å². The summed E-state index contributed by atoms with van der Waals surface area (Å²) < 4.78 is 48.6. The lowest BCUT2D eigenvalue weighted by molar-refractivity contribution is -0.139. The zero-order valence-corrected chi connectivity index (χ0v) is 12.4. The van der Waals surface area contributed by atoms with Gasteiger partial charge in [-0.15, -0.1) is 0 Å². The molecule has 124 valence electrons. The maximum atomic E-state index is 13.0. The van der Waals surface area contributed by atoms with Crippen LogP contribution in [0.1, 0.15) is 44.6 Å². The fourth-order valence-corrected chi connectivity index (χ4v) is 1.94. The minimum Gasteiger partial charge on any atom is -0.512 e. The van der Waals surface area contributed by atoms with E-state index in [1.54, 1.807) is 0 Å². The molecule has 8 heteroatoms. The third-order valence-electron chi connectivity index (χ3n) is 3.00. The molecule has 1 aromatic rings. The highest BCUT2D eigenvalue weighted by Gasteiger charge is 2.35. The molecule has 0 fully saturated rings. The Balaban J connectivity index is 2.68. The summed E-state index contributed by atoms with van der Waals surface area (Å²) in [5.41, 5.74) is -1.00. The van der Waals surface area contributed by atoms with Gasteiger partial charge in [-0.3, -0.25) is 0 Å². The van der Waals surface area contributed by atoms with E-state index in [4.69, 9.17) is 14.8 Å². The maximum absolute atomic E-state index is 13.0. The van der Waals surface area contributed by atoms with Crippen molar-refractivity contribution in [2.24, 2.45) is 0 Å². The van der Waals surface area contributed by atoms with Crippen LogP contribution in [0, 0.1) is 0 Å². The molecule has 0 saturated carbocycles. The summed E-state index contributed by atoms with van der Waals surface area (Å²) in [7, 11) is -2.17. The second kappa shape index (κ2) is 8.90. The quantitative estimate of drug-likeness (QED) is 0.541. The monoisotopic (exact) mass is 320 g/mol. The molecule has 2 N–H and O–H groups in total. The Kier molecular flexibility index (Phi) is 7.54. The maximum Gasteiger partial charge on any atom is 0.707 e. The van der Waals surface area contributed by atoms with Crippen LogP contribution in [0.5, 0.6) is 11.5 Å². The first-order valence-corrected chi connectivity index (χ1v) is 7.21. The molecule has 1 aromatic carbocycles. The van der Waals surface area contributed by atoms with Crippen molar-refractivity contribution in [1.82, 2.24) is 0 Å². The standard InChI is InChI=1S/C14H20BF3O4/c1-2-3-4-5-6-9-21-13-8-7-11(22-15(19)20)10-12(13)14(16,17)18/h7-8,10,19-20H,2-6,9H2,1H3. The van der Waals surface area contributed by atoms with E-state index >= 15 is 0 Å². The van der Waals surface area contributed by atoms with Crippen LogP contribution in [0.4, 0.5) is 13.2 Å². The van der Waals surface area contributed by atoms with Crippen molar-refractivity contribution in [3.63, 3.8) is 0 Å². The molecule has 0 amide bonds. The van der Waals surface area contributed by atoms with Crippen molar-refractivity contribution in [2.75, 3.05) is 6.61 Å². The number of halogens is 3. The third-order valence-corrected chi connectivity index (χ3v) is 3.00. The molecule has 0 aliphatic rings. The van der Waals surface area contributed by atoms with Gasteiger partial charge in [0.15, 0.2) is 0 Å². The van der Waals surface area contributed by atoms with E-state index in [1.165, 1.54) is 6.07 Å². The molecule has 1 rings (SSSR count). The van der Waals surface area contributed by atoms with Crippen molar-refractivity contribution < 1.29 is 32.6 Å². The van der Waals surface area contributed by atoms with Crippen LogP contribution < -0.4 is 9.39 Å². The van der Waals surface area contributed by atoms with Gasteiger partial charge in [-0.2, -0.15) is 13.2 Å². The summed E-state index contributed by atoms with van der Waals surface area (Å²) in [6.07, 6.45) is 0.211. The molecule has 0 aromatic heterocycles. The van der Waals surface area contributed by atoms with Gasteiger partial charge in [0.25, 0.3) is 0 Å². The molecule has 0 saturated heterocycles. The second-order valence-electron chi connectivity index (χ2n) is 4.86. The van der Waals surface area contributed by atoms with E-state index in [0.717, 1.165) is 31.7 Å². The van der Waals surface area contributed by atoms with Crippen LogP contribution >= 0.6 is 0 Å². The van der Waals surface area contributed by atoms with Gasteiger partial charge in [-0.25, -0.2) is 0 Å². The molecule has 0 aliphatic heterocycles. The average Bonchev–Trinajstić information content (AvgIpc) is 2.42. The Labute approximate surface area is 128 Å². The van der Waals surface area contributed by atoms with Gasteiger partial charge >= 0.3 is 13.5 Å². The first-order chi connectivity index (χ1) is 10.3. The van der Waals surface area contributed by atoms with E-state index < -0.39 is 19.1 Å². The predicted octanol–water partition coefficient (Wildman–Crippen LogP) is 3.40. The van der Waals surface area contributed by atoms with E-state index in [9.17, 15) is 13.2 Å². The number of hydrogen-bond acceptors (Lipinski definition) is 4. The van der Waals surface area contributed by atoms with Crippen LogP contribution in [0.25, 0.3) is 0 Å². The summed E-state index contributed by atoms with van der Waals surface area (Å²) in [4.78, 5) is 0. The van der Waals surface area contributed by atoms with Crippen LogP contribution in [0.15, 0.2) is 18.2 Å². The number of benzene rings is 1. The van der Waals surface area contributed by atoms with Crippen molar-refractivity contribution in [1.29, 1.82) is 0 Å². The average molecular weight is 320 g/mol. The normalized spacial score (nSPS) is 11.4. The molecule has 0 aliphatic carbocycles. The lowest BCUT2D eigenvalue weighted by Crippen LogP contribution is -2.21. The smallest absolute Gasteiger partial charge is 0.512 e. The molecule has 0 radical (unpaired) electrons. The van der Waals surface area contributed by atoms with Crippen LogP contribution in [-0.2, 0) is 6.18 Å². The van der Waals surface area contributed by atoms with Crippen LogP contribution in [0.3, 0.4) is 0 Å². The van der Waals surface area contributed by atoms with Gasteiger partial charge in [0.05, 0.1) is 6.61 Å². The Morgan fingerprint density at radius 3 is 2.36 bits per heavy atom. The fourth-order valence-electron chi connectivity index (χ4n) is 1.94. The van der Waals surface area contributed by atoms with Gasteiger partial charge in [0, 0.05) is 0 Å². The topological polar surface area (TPSA) is 58.9 Å². The van der Waals surface area contributed by atoms with Crippen molar-refractivity contribution in [3.8, 4) is 11.5 Å². The van der Waals surface area contributed by atoms with Gasteiger partial charge in [-0.1, -0.05) is 32.6 Å². The lowest BCUT2D eigenvalue weighted by Gasteiger charge is -2.15. The zero-order chi connectivity index (χ0) is 16.6. The Hall–Kier alpha value is -1.41. The molecule has 22 heavy (non-hydrogen) atoms. The van der Waals surface area contributed by atoms with Gasteiger partial charge in [0.2, 0.25) is 0 Å². The minimum absolute atomic E-state index is 0.204. The molecule has 0 unspecified atom stereocenters. The van der Waals surface area contributed by atoms with Gasteiger partial charge in [0.1, 0.15) is 17.1 Å². The molecule has 4 nitrogen and oxygen atoms in total. The van der Waals surface area contributed by atoms with Gasteiger partial charge in [-0.05, 0) is 24.6 Å². The Morgan fingerprint density at radius 1 is 1.09 bits per heavy atom. The zero-order valence-electron chi connectivity index (χ0n) is 12.4. The lowest BCUT2D eigenvalue weighted by atomic mass is 10.1. The number of alkyl halides is 3. The second-order valence-corrected chi connectivity index (χ2v) is 4.86. The number of hydrogen-bond donors (Lipinski definition) is 2. The van der Waals surface area contributed by atoms with Crippen LogP contribution in [0.2, 0.25) is 0 Å². The summed E-state index contributed by atoms with van der Waals surface area (Å²) in [5, 5.41) is 17.3. The Bertz CT molecular complexity index is 452. The fraction of sp³-hybridized carbons (Fsp3) is 0.571. The number of ether oxygens (including phenoxy) is 1. The molecule has 0 bridgehead atoms. The number of rotatable bonds is 9. The highest BCUT2D eigenvalue weighted by atomic mass is 19.4. The van der Waals surface area contributed by atoms with E-state index in [1.807, 2.05) is 0 Å². The highest BCUT2D eigenvalue weighted by Crippen LogP contribution is 2.38.